The number of rotatable bonds is 5. The first kappa shape index (κ1) is 19.5. The van der Waals surface area contributed by atoms with Crippen molar-refractivity contribution in [1.29, 1.82) is 0 Å². The number of aromatic nitrogens is 3. The second-order valence-electron chi connectivity index (χ2n) is 7.63. The average Bonchev–Trinajstić information content (AvgIpc) is 2.99. The fraction of sp³-hybridized carbons (Fsp3) is 0.500. The molecule has 0 radical (unpaired) electrons. The lowest BCUT2D eigenvalue weighted by molar-refractivity contribution is 0.0657. The van der Waals surface area contributed by atoms with E-state index in [9.17, 15) is 13.6 Å². The summed E-state index contributed by atoms with van der Waals surface area (Å²) in [6.45, 7) is 5.01. The smallest absolute Gasteiger partial charge is 0.272 e. The number of likely N-dealkylation sites (tertiary alicyclic amines) is 1. The fourth-order valence-corrected chi connectivity index (χ4v) is 4.19. The normalized spacial score (nSPS) is 21.0. The predicted octanol–water partition coefficient (Wildman–Crippen LogP) is 2.48. The van der Waals surface area contributed by atoms with Gasteiger partial charge >= 0.3 is 0 Å². The second-order valence-corrected chi connectivity index (χ2v) is 7.63. The number of amides is 1. The van der Waals surface area contributed by atoms with Crippen LogP contribution in [-0.4, -0.2) is 64.5 Å². The van der Waals surface area contributed by atoms with Gasteiger partial charge in [-0.3, -0.25) is 4.79 Å². The fourth-order valence-electron chi connectivity index (χ4n) is 4.19. The molecule has 0 spiro atoms. The van der Waals surface area contributed by atoms with Crippen LogP contribution >= 0.6 is 0 Å². The van der Waals surface area contributed by atoms with Crippen LogP contribution in [0.15, 0.2) is 24.4 Å². The maximum Gasteiger partial charge on any atom is 0.272 e. The third-order valence-corrected chi connectivity index (χ3v) is 5.27. The largest absolute Gasteiger partial charge is 0.471 e. The van der Waals surface area contributed by atoms with Gasteiger partial charge in [0.15, 0.2) is 6.61 Å². The van der Waals surface area contributed by atoms with Gasteiger partial charge < -0.3 is 14.5 Å². The van der Waals surface area contributed by atoms with Crippen molar-refractivity contribution in [2.45, 2.75) is 32.7 Å². The molecule has 0 aliphatic carbocycles. The minimum Gasteiger partial charge on any atom is -0.471 e. The maximum absolute atomic E-state index is 13.1. The van der Waals surface area contributed by atoms with Crippen molar-refractivity contribution in [3.63, 3.8) is 0 Å². The van der Waals surface area contributed by atoms with Gasteiger partial charge in [-0.2, -0.15) is 0 Å². The van der Waals surface area contributed by atoms with Gasteiger partial charge in [0, 0.05) is 43.3 Å². The number of ether oxygens (including phenoxy) is 1. The Morgan fingerprint density at radius 1 is 1.24 bits per heavy atom. The van der Waals surface area contributed by atoms with Crippen molar-refractivity contribution in [1.82, 2.24) is 19.9 Å². The quantitative estimate of drug-likeness (QED) is 0.764. The summed E-state index contributed by atoms with van der Waals surface area (Å²) in [5.74, 6) is 0.710. The lowest BCUT2D eigenvalue weighted by Gasteiger charge is -2.33. The topological polar surface area (TPSA) is 71.5 Å². The van der Waals surface area contributed by atoms with Crippen LogP contribution < -0.4 is 9.64 Å². The zero-order valence-corrected chi connectivity index (χ0v) is 16.4. The zero-order chi connectivity index (χ0) is 20.5. The Balaban J connectivity index is 1.52. The second kappa shape index (κ2) is 7.88. The molecule has 2 aromatic rings. The number of hydrogen-bond donors (Lipinski definition) is 0. The van der Waals surface area contributed by atoms with Crippen molar-refractivity contribution < 1.29 is 18.3 Å². The van der Waals surface area contributed by atoms with Gasteiger partial charge in [0.25, 0.3) is 12.3 Å². The SMILES string of the molecule is Cc1cc(C)nc(N2CC3CC2CN(C(=O)c2cccnc2OCC(F)F)C3)n1. The molecule has 0 saturated carbocycles. The van der Waals surface area contributed by atoms with Crippen molar-refractivity contribution in [3.8, 4) is 5.88 Å². The van der Waals surface area contributed by atoms with E-state index in [1.165, 1.54) is 6.20 Å². The van der Waals surface area contributed by atoms with Gasteiger partial charge in [-0.05, 0) is 44.4 Å². The summed E-state index contributed by atoms with van der Waals surface area (Å²) >= 11 is 0. The van der Waals surface area contributed by atoms with Crippen molar-refractivity contribution in [2.75, 3.05) is 31.1 Å². The van der Waals surface area contributed by atoms with Crippen LogP contribution in [0, 0.1) is 19.8 Å². The van der Waals surface area contributed by atoms with Crippen LogP contribution in [0.3, 0.4) is 0 Å². The number of piperidine rings is 1. The van der Waals surface area contributed by atoms with Crippen molar-refractivity contribution in [3.05, 3.63) is 41.3 Å². The monoisotopic (exact) mass is 403 g/mol. The molecule has 1 amide bonds. The maximum atomic E-state index is 13.1. The number of halogens is 2. The van der Waals surface area contributed by atoms with E-state index in [0.717, 1.165) is 24.4 Å². The molecule has 9 heteroatoms. The lowest BCUT2D eigenvalue weighted by atomic mass is 9.99. The van der Waals surface area contributed by atoms with Crippen LogP contribution in [0.5, 0.6) is 5.88 Å². The Morgan fingerprint density at radius 2 is 2.00 bits per heavy atom. The number of fused-ring (bicyclic) bond motifs is 2. The zero-order valence-electron chi connectivity index (χ0n) is 16.4. The molecular weight excluding hydrogens is 380 g/mol. The highest BCUT2D eigenvalue weighted by Crippen LogP contribution is 2.33. The summed E-state index contributed by atoms with van der Waals surface area (Å²) in [5.41, 5.74) is 2.04. The Hall–Kier alpha value is -2.84. The molecule has 2 fully saturated rings. The van der Waals surface area contributed by atoms with E-state index < -0.39 is 13.0 Å². The summed E-state index contributed by atoms with van der Waals surface area (Å²) < 4.78 is 30.1. The highest BCUT2D eigenvalue weighted by atomic mass is 19.3. The molecule has 0 aromatic carbocycles. The Morgan fingerprint density at radius 3 is 2.72 bits per heavy atom. The third kappa shape index (κ3) is 4.13. The number of anilines is 1. The summed E-state index contributed by atoms with van der Waals surface area (Å²) in [6, 6.07) is 5.24. The summed E-state index contributed by atoms with van der Waals surface area (Å²) in [4.78, 5) is 30.1. The molecule has 7 nitrogen and oxygen atoms in total. The molecule has 2 bridgehead atoms. The van der Waals surface area contributed by atoms with Crippen LogP contribution in [-0.2, 0) is 0 Å². The summed E-state index contributed by atoms with van der Waals surface area (Å²) in [6.07, 6.45) is -0.226. The number of nitrogens with zero attached hydrogens (tertiary/aromatic N) is 5. The Bertz CT molecular complexity index is 890. The molecule has 2 aliphatic rings. The van der Waals surface area contributed by atoms with E-state index in [0.29, 0.717) is 25.0 Å². The van der Waals surface area contributed by atoms with E-state index in [1.807, 2.05) is 19.9 Å². The number of aryl methyl sites for hydroxylation is 2. The molecular formula is C20H23F2N5O2. The molecule has 2 aliphatic heterocycles. The number of alkyl halides is 2. The first-order chi connectivity index (χ1) is 13.9. The highest BCUT2D eigenvalue weighted by Gasteiger charge is 2.41. The highest BCUT2D eigenvalue weighted by molar-refractivity contribution is 5.96. The van der Waals surface area contributed by atoms with Crippen LogP contribution in [0.1, 0.15) is 28.2 Å². The van der Waals surface area contributed by atoms with Crippen molar-refractivity contribution >= 4 is 11.9 Å². The minimum absolute atomic E-state index is 0.0507. The molecule has 2 saturated heterocycles. The molecule has 2 unspecified atom stereocenters. The van der Waals surface area contributed by atoms with E-state index in [2.05, 4.69) is 19.9 Å². The van der Waals surface area contributed by atoms with E-state index in [4.69, 9.17) is 4.74 Å². The van der Waals surface area contributed by atoms with Gasteiger partial charge in [0.2, 0.25) is 11.8 Å². The van der Waals surface area contributed by atoms with Crippen LogP contribution in [0.25, 0.3) is 0 Å². The number of carbonyl (C=O) groups is 1. The van der Waals surface area contributed by atoms with Gasteiger partial charge in [0.1, 0.15) is 5.56 Å². The van der Waals surface area contributed by atoms with E-state index >= 15 is 0 Å². The van der Waals surface area contributed by atoms with Gasteiger partial charge in [-0.15, -0.1) is 0 Å². The predicted molar refractivity (Wildman–Crippen MR) is 102 cm³/mol. The van der Waals surface area contributed by atoms with Crippen molar-refractivity contribution in [2.24, 2.45) is 5.92 Å². The third-order valence-electron chi connectivity index (χ3n) is 5.27. The Labute approximate surface area is 167 Å². The molecule has 4 heterocycles. The van der Waals surface area contributed by atoms with Gasteiger partial charge in [-0.25, -0.2) is 23.7 Å². The van der Waals surface area contributed by atoms with Gasteiger partial charge in [0.05, 0.1) is 0 Å². The van der Waals surface area contributed by atoms with Crippen LogP contribution in [0.4, 0.5) is 14.7 Å². The molecule has 29 heavy (non-hydrogen) atoms. The molecule has 2 atom stereocenters. The lowest BCUT2D eigenvalue weighted by Crippen LogP contribution is -2.45. The summed E-state index contributed by atoms with van der Waals surface area (Å²) in [7, 11) is 0. The van der Waals surface area contributed by atoms with Crippen LogP contribution in [0.2, 0.25) is 0 Å². The first-order valence-corrected chi connectivity index (χ1v) is 9.65. The Kier molecular flexibility index (Phi) is 5.29. The molecule has 0 N–H and O–H groups in total. The number of pyridine rings is 1. The van der Waals surface area contributed by atoms with E-state index in [1.54, 1.807) is 17.0 Å². The number of hydrogen-bond acceptors (Lipinski definition) is 6. The van der Waals surface area contributed by atoms with E-state index in [-0.39, 0.29) is 23.4 Å². The molecule has 4 rings (SSSR count). The summed E-state index contributed by atoms with van der Waals surface area (Å²) in [5, 5.41) is 0. The van der Waals surface area contributed by atoms with Gasteiger partial charge in [-0.1, -0.05) is 0 Å². The average molecular weight is 403 g/mol. The molecule has 154 valence electrons. The number of carbonyl (C=O) groups excluding carboxylic acids is 1. The first-order valence-electron chi connectivity index (χ1n) is 9.65. The minimum atomic E-state index is -2.63. The molecule has 2 aromatic heterocycles. The standard InChI is InChI=1S/C20H23F2N5O2/c1-12-6-13(2)25-20(24-12)27-9-14-7-15(27)10-26(8-14)19(28)16-4-3-5-23-18(16)29-11-17(21)22/h3-6,14-15,17H,7-11H2,1-2H3.